The highest BCUT2D eigenvalue weighted by Crippen LogP contribution is 2.32. The Balaban J connectivity index is 0.000000150. The lowest BCUT2D eigenvalue weighted by atomic mass is 9.84. The van der Waals surface area contributed by atoms with Crippen LogP contribution in [0.2, 0.25) is 0 Å². The third-order valence-corrected chi connectivity index (χ3v) is 14.0. The molecule has 10 rings (SSSR count). The van der Waals surface area contributed by atoms with Gasteiger partial charge in [0.05, 0.1) is 14.0 Å². The van der Waals surface area contributed by atoms with E-state index in [0.717, 1.165) is 34.1 Å². The van der Waals surface area contributed by atoms with Gasteiger partial charge in [0.25, 0.3) is 0 Å². The molecule has 0 saturated carbocycles. The predicted molar refractivity (Wildman–Crippen MR) is 216 cm³/mol. The fraction of sp³-hybridized carbons (Fsp3) is 0.421. The number of benzene rings is 2. The van der Waals surface area contributed by atoms with Gasteiger partial charge in [-0.2, -0.15) is 0 Å². The second kappa shape index (κ2) is 17.6. The Kier molecular flexibility index (Phi) is 13.6. The Hall–Kier alpha value is -1.95. The molecule has 9 heteroatoms. The van der Waals surface area contributed by atoms with Crippen molar-refractivity contribution >= 4 is 68.1 Å². The summed E-state index contributed by atoms with van der Waals surface area (Å²) in [6.07, 6.45) is 7.35. The summed E-state index contributed by atoms with van der Waals surface area (Å²) >= 11 is 16.1. The van der Waals surface area contributed by atoms with Crippen molar-refractivity contribution < 1.29 is 0 Å². The van der Waals surface area contributed by atoms with Crippen molar-refractivity contribution in [2.75, 3.05) is 45.5 Å². The van der Waals surface area contributed by atoms with Gasteiger partial charge in [-0.15, -0.1) is 34.4 Å². The minimum Gasteiger partial charge on any atom is -0.371 e. The number of nitrogens with zero attached hydrogens (tertiary/aromatic N) is 2. The molecule has 4 nitrogen and oxygen atoms in total. The molecule has 2 atom stereocenters. The van der Waals surface area contributed by atoms with E-state index in [1.165, 1.54) is 82.5 Å². The minimum atomic E-state index is 0. The molecule has 0 unspecified atom stereocenters. The monoisotopic (exact) mass is 720 g/mol. The minimum absolute atomic E-state index is 0. The third kappa shape index (κ3) is 9.61. The fourth-order valence-electron chi connectivity index (χ4n) is 6.90. The molecule has 4 aromatic rings. The summed E-state index contributed by atoms with van der Waals surface area (Å²) in [4.78, 5) is 10.9. The Labute approximate surface area is 305 Å². The van der Waals surface area contributed by atoms with Crippen LogP contribution in [-0.4, -0.2) is 76.6 Å². The summed E-state index contributed by atoms with van der Waals surface area (Å²) < 4.78 is 0.974. The van der Waals surface area contributed by atoms with Crippen molar-refractivity contribution in [2.24, 2.45) is 17.6 Å². The molecule has 250 valence electrons. The number of thiophene rings is 2. The van der Waals surface area contributed by atoms with Crippen LogP contribution in [0.1, 0.15) is 42.9 Å². The number of nitrogens with one attached hydrogen (secondary N) is 1. The molecule has 0 radical (unpaired) electrons. The molecule has 0 amide bonds. The van der Waals surface area contributed by atoms with Crippen LogP contribution in [0, 0.1) is 11.8 Å². The Bertz CT molecular complexity index is 1550. The van der Waals surface area contributed by atoms with Crippen LogP contribution < -0.4 is 11.1 Å². The van der Waals surface area contributed by atoms with Crippen molar-refractivity contribution in [1.29, 1.82) is 0 Å². The van der Waals surface area contributed by atoms with Crippen LogP contribution in [-0.2, 0) is 0 Å². The van der Waals surface area contributed by atoms with Gasteiger partial charge < -0.3 is 20.9 Å². The molecule has 2 aromatic heterocycles. The number of thioether (sulfide) groups is 1. The van der Waals surface area contributed by atoms with Crippen LogP contribution in [0.25, 0.3) is 20.9 Å². The quantitative estimate of drug-likeness (QED) is 0.200. The summed E-state index contributed by atoms with van der Waals surface area (Å²) in [7, 11) is 0. The van der Waals surface area contributed by atoms with Gasteiger partial charge in [-0.05, 0) is 105 Å². The smallest absolute Gasteiger partial charge is 0.117 e. The molecule has 6 fully saturated rings. The predicted octanol–water partition coefficient (Wildman–Crippen LogP) is 8.90. The third-order valence-electron chi connectivity index (χ3n) is 9.62. The van der Waals surface area contributed by atoms with Gasteiger partial charge in [0.2, 0.25) is 0 Å². The van der Waals surface area contributed by atoms with Crippen molar-refractivity contribution in [3.05, 3.63) is 94.7 Å². The number of fused-ring (bicyclic) bond motifs is 6. The Morgan fingerprint density at radius 2 is 1.19 bits per heavy atom. The average Bonchev–Trinajstić information content (AvgIpc) is 3.82. The Morgan fingerprint density at radius 3 is 1.62 bits per heavy atom. The molecule has 47 heavy (non-hydrogen) atoms. The van der Waals surface area contributed by atoms with Gasteiger partial charge in [-0.25, -0.2) is 0 Å². The van der Waals surface area contributed by atoms with Crippen LogP contribution in [0.5, 0.6) is 0 Å². The zero-order chi connectivity index (χ0) is 31.9. The van der Waals surface area contributed by atoms with Crippen molar-refractivity contribution in [2.45, 2.75) is 45.2 Å². The summed E-state index contributed by atoms with van der Waals surface area (Å²) in [6.45, 7) is 7.46. The van der Waals surface area contributed by atoms with Crippen LogP contribution in [0.4, 0.5) is 0 Å². The van der Waals surface area contributed by atoms with Gasteiger partial charge in [0.15, 0.2) is 0 Å². The first kappa shape index (κ1) is 36.3. The number of piperidine rings is 6. The highest BCUT2D eigenvalue weighted by atomic mass is 32.2. The van der Waals surface area contributed by atoms with E-state index in [4.69, 9.17) is 30.2 Å². The van der Waals surface area contributed by atoms with E-state index >= 15 is 0 Å². The van der Waals surface area contributed by atoms with Gasteiger partial charge in [0.1, 0.15) is 4.99 Å². The molecule has 0 aliphatic carbocycles. The van der Waals surface area contributed by atoms with Crippen molar-refractivity contribution in [3.8, 4) is 20.9 Å². The molecule has 8 heterocycles. The second-order valence-electron chi connectivity index (χ2n) is 12.6. The molecule has 6 saturated heterocycles. The number of nitrogens with two attached hydrogens (primary N) is 1. The topological polar surface area (TPSA) is 44.5 Å². The maximum absolute atomic E-state index is 5.88. The molecular formula is C38H48N4S5. The van der Waals surface area contributed by atoms with Gasteiger partial charge in [-0.1, -0.05) is 92.5 Å². The lowest BCUT2D eigenvalue weighted by Gasteiger charge is -2.45. The van der Waals surface area contributed by atoms with Crippen LogP contribution in [0.15, 0.2) is 84.9 Å². The molecule has 4 bridgehead atoms. The zero-order valence-electron chi connectivity index (χ0n) is 26.5. The standard InChI is InChI=1S/C18H20N2S2.C12H10S3.C7H14N2.CH4/c21-18(19-15-12-20-10-8-13(15)9-11-20)17-7-6-16(22-17)14-4-2-1-3-5-14;1-14-12(13)11-8-7-10(15-11)9-5-3-2-4-6-9;8-7-5-9-3-1-6(7)2-4-9;/h1-7,13,15H,8-12H2,(H,19,21);2-8H,1H3;6-7H,1-5,8H2;1H4/t15-;;7-;/m0.0./s1. The summed E-state index contributed by atoms with van der Waals surface area (Å²) in [5.41, 5.74) is 8.41. The number of hydrogen-bond acceptors (Lipinski definition) is 8. The molecule has 6 aliphatic rings. The summed E-state index contributed by atoms with van der Waals surface area (Å²) in [5.74, 6) is 1.66. The van der Waals surface area contributed by atoms with E-state index in [1.54, 1.807) is 34.4 Å². The summed E-state index contributed by atoms with van der Waals surface area (Å²) in [5, 5.41) is 3.63. The van der Waals surface area contributed by atoms with E-state index < -0.39 is 0 Å². The number of rotatable bonds is 5. The van der Waals surface area contributed by atoms with Crippen LogP contribution >= 0.6 is 58.9 Å². The number of hydrogen-bond donors (Lipinski definition) is 2. The molecular weight excluding hydrogens is 673 g/mol. The van der Waals surface area contributed by atoms with Gasteiger partial charge in [0, 0.05) is 34.9 Å². The second-order valence-corrected chi connectivity index (χ2v) is 16.6. The lowest BCUT2D eigenvalue weighted by Crippen LogP contribution is -2.57. The first-order valence-electron chi connectivity index (χ1n) is 16.4. The fourth-order valence-corrected chi connectivity index (χ4v) is 9.84. The summed E-state index contributed by atoms with van der Waals surface area (Å²) in [6, 6.07) is 30.5. The van der Waals surface area contributed by atoms with Crippen molar-refractivity contribution in [3.63, 3.8) is 0 Å². The van der Waals surface area contributed by atoms with Crippen molar-refractivity contribution in [1.82, 2.24) is 15.1 Å². The number of thiocarbonyl (C=S) groups is 2. The first-order chi connectivity index (χ1) is 22.5. The SMILES string of the molecule is C.CSC(=S)c1ccc(-c2ccccc2)s1.N[C@H]1CN2CCC1CC2.S=C(N[C@H]1CN2CCC1CC2)c1ccc(-c2ccccc2)s1. The maximum Gasteiger partial charge on any atom is 0.117 e. The first-order valence-corrected chi connectivity index (χ1v) is 20.0. The zero-order valence-corrected chi connectivity index (χ0v) is 30.6. The molecule has 0 spiro atoms. The largest absolute Gasteiger partial charge is 0.371 e. The van der Waals surface area contributed by atoms with E-state index in [2.05, 4.69) is 94.0 Å². The van der Waals surface area contributed by atoms with Gasteiger partial charge in [-0.3, -0.25) is 0 Å². The molecule has 2 aromatic carbocycles. The normalized spacial score (nSPS) is 25.3. The van der Waals surface area contributed by atoms with E-state index in [-0.39, 0.29) is 7.43 Å². The van der Waals surface area contributed by atoms with Crippen LogP contribution in [0.3, 0.4) is 0 Å². The van der Waals surface area contributed by atoms with E-state index in [1.807, 2.05) is 12.3 Å². The highest BCUT2D eigenvalue weighted by Gasteiger charge is 2.34. The molecule has 6 aliphatic heterocycles. The Morgan fingerprint density at radius 1 is 0.702 bits per heavy atom. The molecule has 3 N–H and O–H groups in total. The van der Waals surface area contributed by atoms with Gasteiger partial charge >= 0.3 is 0 Å². The average molecular weight is 721 g/mol. The lowest BCUT2D eigenvalue weighted by molar-refractivity contribution is 0.0816. The van der Waals surface area contributed by atoms with E-state index in [0.29, 0.717) is 12.1 Å². The highest BCUT2D eigenvalue weighted by molar-refractivity contribution is 8.23. The maximum atomic E-state index is 5.88. The van der Waals surface area contributed by atoms with E-state index in [9.17, 15) is 0 Å².